The maximum atomic E-state index is 12.9. The second-order valence-electron chi connectivity index (χ2n) is 8.42. The van der Waals surface area contributed by atoms with Gasteiger partial charge >= 0.3 is 5.97 Å². The minimum atomic E-state index is -1.53. The van der Waals surface area contributed by atoms with Crippen LogP contribution in [0, 0.1) is 5.41 Å². The number of phenolic OH excluding ortho intramolecular Hbond substituents is 1. The zero-order valence-electron chi connectivity index (χ0n) is 18.8. The highest BCUT2D eigenvalue weighted by atomic mass is 32.2. The number of carbonyl (C=O) groups excluding carboxylic acids is 2. The number of benzene rings is 1. The van der Waals surface area contributed by atoms with E-state index in [2.05, 4.69) is 25.9 Å². The number of fused-ring (bicyclic) bond motifs is 1. The van der Waals surface area contributed by atoms with Gasteiger partial charge in [-0.1, -0.05) is 30.8 Å². The van der Waals surface area contributed by atoms with Gasteiger partial charge in [0, 0.05) is 23.1 Å². The third kappa shape index (κ3) is 5.08. The van der Waals surface area contributed by atoms with Gasteiger partial charge in [0.15, 0.2) is 5.25 Å². The molecule has 4 N–H and O–H groups in total. The monoisotopic (exact) mass is 540 g/mol. The fourth-order valence-corrected chi connectivity index (χ4v) is 7.74. The number of thioether (sulfide) groups is 2. The molecule has 0 saturated carbocycles. The Morgan fingerprint density at radius 1 is 1.40 bits per heavy atom. The normalized spacial score (nSPS) is 26.3. The van der Waals surface area contributed by atoms with Crippen LogP contribution in [-0.4, -0.2) is 92.3 Å². The molecule has 5 unspecified atom stereocenters. The summed E-state index contributed by atoms with van der Waals surface area (Å²) >= 11 is 0.960. The van der Waals surface area contributed by atoms with Crippen molar-refractivity contribution < 1.29 is 29.1 Å². The number of carboxylic acids is 1. The Bertz CT molecular complexity index is 1090. The van der Waals surface area contributed by atoms with Crippen LogP contribution in [0.2, 0.25) is 0 Å². The van der Waals surface area contributed by atoms with E-state index < -0.39 is 45.0 Å². The highest BCUT2D eigenvalue weighted by Gasteiger charge is 2.59. The predicted octanol–water partition coefficient (Wildman–Crippen LogP) is 0.194. The van der Waals surface area contributed by atoms with Gasteiger partial charge in [-0.2, -0.15) is 0 Å². The SMILES string of the molecule is CC(C(=O)NC1C(=O)N2CC(C(=O)O)(C(C)Sc3nnn[nH]3)CS[C@H]12)[S+]([O-])Cc1ccc(O)cc1. The molecule has 2 saturated heterocycles. The fourth-order valence-electron chi connectivity index (χ4n) is 3.90. The van der Waals surface area contributed by atoms with Crippen molar-refractivity contribution in [3.05, 3.63) is 29.8 Å². The quantitative estimate of drug-likeness (QED) is 0.193. The molecule has 15 heteroatoms. The van der Waals surface area contributed by atoms with Crippen molar-refractivity contribution in [3.8, 4) is 5.75 Å². The van der Waals surface area contributed by atoms with Gasteiger partial charge in [0.2, 0.25) is 11.1 Å². The Kier molecular flexibility index (Phi) is 7.49. The van der Waals surface area contributed by atoms with E-state index >= 15 is 0 Å². The van der Waals surface area contributed by atoms with Crippen LogP contribution in [0.5, 0.6) is 5.75 Å². The van der Waals surface area contributed by atoms with Gasteiger partial charge < -0.3 is 25.0 Å². The number of hydrogen-bond acceptors (Lipinski definition) is 10. The molecule has 2 fully saturated rings. The first-order chi connectivity index (χ1) is 16.6. The lowest BCUT2D eigenvalue weighted by Gasteiger charge is -2.54. The van der Waals surface area contributed by atoms with Crippen molar-refractivity contribution in [1.29, 1.82) is 0 Å². The van der Waals surface area contributed by atoms with Crippen molar-refractivity contribution >= 4 is 52.5 Å². The second kappa shape index (κ2) is 10.2. The van der Waals surface area contributed by atoms with Gasteiger partial charge in [0.25, 0.3) is 5.91 Å². The number of aromatic hydroxyl groups is 1. The van der Waals surface area contributed by atoms with E-state index in [-0.39, 0.29) is 35.1 Å². The molecular weight excluding hydrogens is 516 g/mol. The van der Waals surface area contributed by atoms with Crippen LogP contribution in [0.15, 0.2) is 29.4 Å². The Morgan fingerprint density at radius 3 is 2.74 bits per heavy atom. The number of rotatable bonds is 9. The van der Waals surface area contributed by atoms with E-state index in [1.54, 1.807) is 19.1 Å². The van der Waals surface area contributed by atoms with Crippen molar-refractivity contribution in [2.24, 2.45) is 5.41 Å². The maximum absolute atomic E-state index is 12.9. The summed E-state index contributed by atoms with van der Waals surface area (Å²) in [5.74, 6) is -1.42. The van der Waals surface area contributed by atoms with Crippen molar-refractivity contribution in [3.63, 3.8) is 0 Å². The summed E-state index contributed by atoms with van der Waals surface area (Å²) in [6.45, 7) is 3.30. The first-order valence-corrected chi connectivity index (χ1v) is 13.9. The van der Waals surface area contributed by atoms with Gasteiger partial charge in [-0.25, -0.2) is 5.10 Å². The summed E-state index contributed by atoms with van der Waals surface area (Å²) in [7, 11) is 0. The van der Waals surface area contributed by atoms with Crippen LogP contribution >= 0.6 is 23.5 Å². The highest BCUT2D eigenvalue weighted by Crippen LogP contribution is 2.47. The minimum absolute atomic E-state index is 0.00325. The van der Waals surface area contributed by atoms with E-state index in [9.17, 15) is 29.1 Å². The molecule has 4 rings (SSSR count). The molecule has 2 amide bonds. The number of carboxylic acid groups (broad SMARTS) is 1. The van der Waals surface area contributed by atoms with Gasteiger partial charge in [-0.15, -0.1) is 16.9 Å². The number of H-pyrrole nitrogens is 1. The van der Waals surface area contributed by atoms with E-state index in [4.69, 9.17) is 0 Å². The van der Waals surface area contributed by atoms with Gasteiger partial charge in [-0.3, -0.25) is 14.4 Å². The number of amides is 2. The maximum Gasteiger partial charge on any atom is 0.313 e. The molecule has 35 heavy (non-hydrogen) atoms. The molecule has 0 radical (unpaired) electrons. The molecule has 3 heterocycles. The Labute approximate surface area is 212 Å². The van der Waals surface area contributed by atoms with E-state index in [0.29, 0.717) is 10.7 Å². The number of nitrogens with one attached hydrogen (secondary N) is 2. The van der Waals surface area contributed by atoms with Gasteiger partial charge in [-0.05, 0) is 40.7 Å². The molecular formula is C20H24N6O6S3. The Morgan fingerprint density at radius 2 is 2.11 bits per heavy atom. The average Bonchev–Trinajstić information content (AvgIpc) is 3.35. The Hall–Kier alpha value is -2.49. The van der Waals surface area contributed by atoms with Crippen LogP contribution < -0.4 is 5.32 Å². The number of nitrogens with zero attached hydrogens (tertiary/aromatic N) is 4. The van der Waals surface area contributed by atoms with E-state index in [1.807, 2.05) is 0 Å². The zero-order chi connectivity index (χ0) is 25.3. The van der Waals surface area contributed by atoms with Crippen molar-refractivity contribution in [2.75, 3.05) is 12.3 Å². The van der Waals surface area contributed by atoms with E-state index in [0.717, 1.165) is 0 Å². The molecule has 6 atom stereocenters. The molecule has 2 aromatic rings. The van der Waals surface area contributed by atoms with Crippen LogP contribution in [-0.2, 0) is 31.3 Å². The number of hydrogen-bond donors (Lipinski definition) is 4. The number of tetrazole rings is 1. The summed E-state index contributed by atoms with van der Waals surface area (Å²) in [5, 5.41) is 34.2. The molecule has 1 aromatic carbocycles. The molecule has 0 aliphatic carbocycles. The summed E-state index contributed by atoms with van der Waals surface area (Å²) < 4.78 is 12.7. The Balaban J connectivity index is 1.36. The zero-order valence-corrected chi connectivity index (χ0v) is 21.2. The first-order valence-electron chi connectivity index (χ1n) is 10.6. The highest BCUT2D eigenvalue weighted by molar-refractivity contribution is 8.01. The lowest BCUT2D eigenvalue weighted by atomic mass is 9.84. The smallest absolute Gasteiger partial charge is 0.313 e. The second-order valence-corrected chi connectivity index (χ2v) is 12.6. The minimum Gasteiger partial charge on any atom is -0.615 e. The molecule has 2 aliphatic heterocycles. The molecule has 1 aromatic heterocycles. The van der Waals surface area contributed by atoms with Crippen molar-refractivity contribution in [1.82, 2.24) is 30.8 Å². The third-order valence-corrected chi connectivity index (χ3v) is 10.6. The molecule has 188 valence electrons. The van der Waals surface area contributed by atoms with Crippen LogP contribution in [0.25, 0.3) is 0 Å². The largest absolute Gasteiger partial charge is 0.615 e. The van der Waals surface area contributed by atoms with Gasteiger partial charge in [0.1, 0.15) is 28.3 Å². The lowest BCUT2D eigenvalue weighted by molar-refractivity contribution is -0.158. The number of aromatic amines is 1. The summed E-state index contributed by atoms with van der Waals surface area (Å²) in [4.78, 5) is 39.3. The molecule has 12 nitrogen and oxygen atoms in total. The summed E-state index contributed by atoms with van der Waals surface area (Å²) in [6, 6.07) is 5.44. The van der Waals surface area contributed by atoms with E-state index in [1.165, 1.54) is 47.5 Å². The fraction of sp³-hybridized carbons (Fsp3) is 0.500. The average molecular weight is 541 g/mol. The first kappa shape index (κ1) is 25.6. The third-order valence-electron chi connectivity index (χ3n) is 6.23. The number of phenols is 1. The number of aliphatic carboxylic acids is 1. The number of carbonyl (C=O) groups is 3. The lowest BCUT2D eigenvalue weighted by Crippen LogP contribution is -2.75. The summed E-state index contributed by atoms with van der Waals surface area (Å²) in [6.07, 6.45) is 0. The van der Waals surface area contributed by atoms with Crippen molar-refractivity contribution in [2.45, 2.75) is 46.7 Å². The standard InChI is InChI=1S/C20H24N6O6S3/c1-10(35(32)7-12-3-5-13(27)6-4-12)15(28)21-14-16(29)26-8-20(18(30)31,9-33-17(14)26)11(2)34-19-22-24-25-23-19/h3-6,10-11,14,17,27H,7-9H2,1-2H3,(H,21,28)(H,30,31)(H,22,23,24,25)/t10?,11?,14?,17-,20?,35?/m1/s1. The topological polar surface area (TPSA) is 184 Å². The predicted molar refractivity (Wildman–Crippen MR) is 129 cm³/mol. The van der Waals surface area contributed by atoms with Crippen LogP contribution in [0.3, 0.4) is 0 Å². The summed E-state index contributed by atoms with van der Waals surface area (Å²) in [5.41, 5.74) is -0.505. The van der Waals surface area contributed by atoms with Crippen LogP contribution in [0.1, 0.15) is 19.4 Å². The van der Waals surface area contributed by atoms with Gasteiger partial charge in [0.05, 0.1) is 0 Å². The molecule has 0 bridgehead atoms. The number of β-lactam (4-membered cyclic amide) rings is 1. The number of aromatic nitrogens is 4. The molecule has 0 spiro atoms. The van der Waals surface area contributed by atoms with Crippen LogP contribution in [0.4, 0.5) is 0 Å². The molecule has 2 aliphatic rings.